The van der Waals surface area contributed by atoms with Gasteiger partial charge >= 0.3 is 0 Å². The summed E-state index contributed by atoms with van der Waals surface area (Å²) >= 11 is 1.52. The van der Waals surface area contributed by atoms with Crippen LogP contribution in [0.5, 0.6) is 0 Å². The van der Waals surface area contributed by atoms with Gasteiger partial charge < -0.3 is 20.1 Å². The summed E-state index contributed by atoms with van der Waals surface area (Å²) in [6.45, 7) is 2.00. The number of nitrogens with zero attached hydrogens (tertiary/aromatic N) is 3. The molecule has 3 heterocycles. The summed E-state index contributed by atoms with van der Waals surface area (Å²) in [6, 6.07) is 8.26. The number of hydrogen-bond acceptors (Lipinski definition) is 7. The Labute approximate surface area is 207 Å². The fraction of sp³-hybridized carbons (Fsp3) is 0.400. The molecule has 0 spiro atoms. The van der Waals surface area contributed by atoms with Gasteiger partial charge in [-0.1, -0.05) is 24.1 Å². The molecule has 3 aromatic heterocycles. The van der Waals surface area contributed by atoms with Gasteiger partial charge in [0.2, 0.25) is 17.7 Å². The van der Waals surface area contributed by atoms with Crippen molar-refractivity contribution in [3.63, 3.8) is 0 Å². The lowest BCUT2D eigenvalue weighted by molar-refractivity contribution is -0.142. The van der Waals surface area contributed by atoms with Crippen molar-refractivity contribution in [2.24, 2.45) is 0 Å². The van der Waals surface area contributed by atoms with Crippen molar-refractivity contribution in [3.05, 3.63) is 64.3 Å². The highest BCUT2D eigenvalue weighted by molar-refractivity contribution is 7.09. The number of rotatable bonds is 10. The zero-order valence-electron chi connectivity index (χ0n) is 19.6. The van der Waals surface area contributed by atoms with Crippen molar-refractivity contribution in [2.75, 3.05) is 5.32 Å². The van der Waals surface area contributed by atoms with E-state index in [1.807, 2.05) is 17.5 Å². The maximum Gasteiger partial charge on any atom is 0.247 e. The second kappa shape index (κ2) is 11.7. The third-order valence-electron chi connectivity index (χ3n) is 5.97. The predicted molar refractivity (Wildman–Crippen MR) is 131 cm³/mol. The molecular formula is C25H29N5O4S. The normalized spacial score (nSPS) is 14.4. The Morgan fingerprint density at radius 1 is 1.17 bits per heavy atom. The van der Waals surface area contributed by atoms with E-state index >= 15 is 0 Å². The first kappa shape index (κ1) is 24.6. The minimum absolute atomic E-state index is 0.0427. The van der Waals surface area contributed by atoms with Gasteiger partial charge in [0.05, 0.1) is 6.54 Å². The van der Waals surface area contributed by atoms with E-state index in [0.717, 1.165) is 30.6 Å². The molecule has 1 aliphatic carbocycles. The lowest BCUT2D eigenvalue weighted by Gasteiger charge is -2.32. The van der Waals surface area contributed by atoms with Crippen molar-refractivity contribution >= 4 is 34.9 Å². The first-order chi connectivity index (χ1) is 17.0. The van der Waals surface area contributed by atoms with Crippen LogP contribution < -0.4 is 10.6 Å². The summed E-state index contributed by atoms with van der Waals surface area (Å²) in [5.41, 5.74) is 0.683. The zero-order chi connectivity index (χ0) is 24.6. The fourth-order valence-electron chi connectivity index (χ4n) is 4.26. The Hall–Kier alpha value is -3.53. The van der Waals surface area contributed by atoms with Crippen molar-refractivity contribution in [1.82, 2.24) is 20.4 Å². The molecule has 0 radical (unpaired) electrons. The molecule has 1 aliphatic rings. The van der Waals surface area contributed by atoms with Gasteiger partial charge in [0.1, 0.15) is 11.8 Å². The van der Waals surface area contributed by atoms with Gasteiger partial charge in [0, 0.05) is 42.2 Å². The van der Waals surface area contributed by atoms with Gasteiger partial charge in [-0.2, -0.15) is 0 Å². The molecule has 3 amide bonds. The summed E-state index contributed by atoms with van der Waals surface area (Å²) < 4.78 is 4.96. The van der Waals surface area contributed by atoms with Crippen LogP contribution in [-0.2, 0) is 20.9 Å². The molecule has 10 heteroatoms. The minimum Gasteiger partial charge on any atom is -0.360 e. The van der Waals surface area contributed by atoms with Crippen molar-refractivity contribution < 1.29 is 18.9 Å². The summed E-state index contributed by atoms with van der Waals surface area (Å²) in [5, 5.41) is 11.5. The molecule has 1 atom stereocenters. The van der Waals surface area contributed by atoms with Crippen LogP contribution in [-0.4, -0.2) is 38.8 Å². The van der Waals surface area contributed by atoms with Crippen LogP contribution in [0.4, 0.5) is 5.82 Å². The van der Waals surface area contributed by atoms with Gasteiger partial charge in [0.15, 0.2) is 5.82 Å². The molecule has 1 saturated carbocycles. The number of carbonyl (C=O) groups excluding carboxylic acids is 3. The molecule has 2 N–H and O–H groups in total. The Morgan fingerprint density at radius 3 is 2.60 bits per heavy atom. The van der Waals surface area contributed by atoms with E-state index in [4.69, 9.17) is 4.52 Å². The number of carbonyl (C=O) groups is 3. The van der Waals surface area contributed by atoms with Gasteiger partial charge in [-0.25, -0.2) is 0 Å². The van der Waals surface area contributed by atoms with Gasteiger partial charge in [0.25, 0.3) is 0 Å². The standard InChI is InChI=1S/C25H29N5O4S/c1-17-15-21(29-34-17)28-22(31)8-9-23(32)30(16-20-7-4-14-35-20)24(18-10-12-26-13-11-18)25(33)27-19-5-2-3-6-19/h4,7,10-15,19,24H,2-3,5-6,8-9,16H2,1H3,(H,27,33)(H,28,29,31)/t24-/m1/s1. The molecule has 0 aromatic carbocycles. The highest BCUT2D eigenvalue weighted by Crippen LogP contribution is 2.27. The Kier molecular flexibility index (Phi) is 8.25. The molecule has 35 heavy (non-hydrogen) atoms. The summed E-state index contributed by atoms with van der Waals surface area (Å²) in [6.07, 6.45) is 7.19. The van der Waals surface area contributed by atoms with Crippen molar-refractivity contribution in [1.29, 1.82) is 0 Å². The van der Waals surface area contributed by atoms with E-state index in [9.17, 15) is 14.4 Å². The molecule has 4 rings (SSSR count). The number of pyridine rings is 1. The molecule has 184 valence electrons. The third-order valence-corrected chi connectivity index (χ3v) is 6.83. The van der Waals surface area contributed by atoms with E-state index in [1.165, 1.54) is 11.3 Å². The number of nitrogens with one attached hydrogen (secondary N) is 2. The predicted octanol–water partition coefficient (Wildman–Crippen LogP) is 3.99. The molecule has 3 aromatic rings. The molecule has 1 fully saturated rings. The number of aromatic nitrogens is 2. The number of anilines is 1. The number of amides is 3. The fourth-order valence-corrected chi connectivity index (χ4v) is 4.96. The topological polar surface area (TPSA) is 117 Å². The highest BCUT2D eigenvalue weighted by Gasteiger charge is 2.33. The number of hydrogen-bond donors (Lipinski definition) is 2. The van der Waals surface area contributed by atoms with Gasteiger partial charge in [-0.15, -0.1) is 11.3 Å². The van der Waals surface area contributed by atoms with E-state index in [-0.39, 0.29) is 43.1 Å². The van der Waals surface area contributed by atoms with Gasteiger partial charge in [-0.3, -0.25) is 19.4 Å². The Balaban J connectivity index is 1.53. The van der Waals surface area contributed by atoms with Crippen LogP contribution >= 0.6 is 11.3 Å². The first-order valence-electron chi connectivity index (χ1n) is 11.7. The average molecular weight is 496 g/mol. The molecule has 9 nitrogen and oxygen atoms in total. The van der Waals surface area contributed by atoms with Crippen molar-refractivity contribution in [3.8, 4) is 0 Å². The zero-order valence-corrected chi connectivity index (χ0v) is 20.4. The van der Waals surface area contributed by atoms with E-state index in [1.54, 1.807) is 42.4 Å². The molecule has 0 saturated heterocycles. The van der Waals surface area contributed by atoms with E-state index in [2.05, 4.69) is 20.8 Å². The maximum absolute atomic E-state index is 13.5. The third kappa shape index (κ3) is 6.75. The number of aryl methyl sites for hydroxylation is 1. The summed E-state index contributed by atoms with van der Waals surface area (Å²) in [4.78, 5) is 46.1. The molecule has 0 unspecified atom stereocenters. The second-order valence-electron chi connectivity index (χ2n) is 8.65. The summed E-state index contributed by atoms with van der Waals surface area (Å²) in [7, 11) is 0. The second-order valence-corrected chi connectivity index (χ2v) is 9.68. The largest absolute Gasteiger partial charge is 0.360 e. The lowest BCUT2D eigenvalue weighted by Crippen LogP contribution is -2.45. The van der Waals surface area contributed by atoms with Crippen LogP contribution in [0.3, 0.4) is 0 Å². The smallest absolute Gasteiger partial charge is 0.247 e. The van der Waals surface area contributed by atoms with E-state index in [0.29, 0.717) is 17.1 Å². The van der Waals surface area contributed by atoms with Crippen LogP contribution in [0.1, 0.15) is 60.8 Å². The van der Waals surface area contributed by atoms with Crippen LogP contribution in [0, 0.1) is 6.92 Å². The van der Waals surface area contributed by atoms with Crippen LogP contribution in [0.25, 0.3) is 0 Å². The molecular weight excluding hydrogens is 466 g/mol. The highest BCUT2D eigenvalue weighted by atomic mass is 32.1. The summed E-state index contributed by atoms with van der Waals surface area (Å²) in [5.74, 6) is 0.0374. The first-order valence-corrected chi connectivity index (χ1v) is 12.6. The Morgan fingerprint density at radius 2 is 1.94 bits per heavy atom. The molecule has 0 aliphatic heterocycles. The SMILES string of the molecule is Cc1cc(NC(=O)CCC(=O)N(Cc2cccs2)[C@@H](C(=O)NC2CCCC2)c2ccncc2)no1. The number of thiophene rings is 1. The van der Waals surface area contributed by atoms with Crippen LogP contribution in [0.15, 0.2) is 52.6 Å². The quantitative estimate of drug-likeness (QED) is 0.439. The van der Waals surface area contributed by atoms with Crippen molar-refractivity contribution in [2.45, 2.75) is 64.1 Å². The molecule has 0 bridgehead atoms. The minimum atomic E-state index is -0.825. The monoisotopic (exact) mass is 495 g/mol. The van der Waals surface area contributed by atoms with E-state index < -0.39 is 6.04 Å². The average Bonchev–Trinajstić information content (AvgIpc) is 3.62. The van der Waals surface area contributed by atoms with Gasteiger partial charge in [-0.05, 0) is 48.9 Å². The maximum atomic E-state index is 13.5. The lowest BCUT2D eigenvalue weighted by atomic mass is 10.0. The van der Waals surface area contributed by atoms with Crippen LogP contribution in [0.2, 0.25) is 0 Å². The Bertz CT molecular complexity index is 1130.